The van der Waals surface area contributed by atoms with Crippen LogP contribution in [0.5, 0.6) is 0 Å². The van der Waals surface area contributed by atoms with Crippen LogP contribution in [0, 0.1) is 11.3 Å². The van der Waals surface area contributed by atoms with Gasteiger partial charge in [-0.05, 0) is 18.2 Å². The molecule has 21 heavy (non-hydrogen) atoms. The molecule has 0 aliphatic rings. The molecular weight excluding hydrogens is 325 g/mol. The van der Waals surface area contributed by atoms with Gasteiger partial charge in [-0.25, -0.2) is 4.98 Å². The van der Waals surface area contributed by atoms with Crippen molar-refractivity contribution >= 4 is 33.8 Å². The highest BCUT2D eigenvalue weighted by molar-refractivity contribution is 7.16. The van der Waals surface area contributed by atoms with Crippen molar-refractivity contribution in [2.75, 3.05) is 17.5 Å². The van der Waals surface area contributed by atoms with E-state index >= 15 is 0 Å². The van der Waals surface area contributed by atoms with Gasteiger partial charge in [-0.1, -0.05) is 29.0 Å². The number of thiazole rings is 1. The summed E-state index contributed by atoms with van der Waals surface area (Å²) in [5.41, 5.74) is 2.25. The van der Waals surface area contributed by atoms with Gasteiger partial charge in [0.05, 0.1) is 5.69 Å². The third-order valence-corrected chi connectivity index (χ3v) is 3.67. The average Bonchev–Trinajstić information content (AvgIpc) is 2.82. The van der Waals surface area contributed by atoms with Gasteiger partial charge in [0.2, 0.25) is 5.13 Å². The van der Waals surface area contributed by atoms with Crippen molar-refractivity contribution in [3.63, 3.8) is 0 Å². The first-order chi connectivity index (χ1) is 9.81. The minimum Gasteiger partial charge on any atom is -0.297 e. The van der Waals surface area contributed by atoms with Gasteiger partial charge in [-0.2, -0.15) is 18.4 Å². The van der Waals surface area contributed by atoms with Gasteiger partial charge in [0.15, 0.2) is 5.69 Å². The lowest BCUT2D eigenvalue weighted by atomic mass is 10.3. The monoisotopic (exact) mass is 332 g/mol. The van der Waals surface area contributed by atoms with Crippen molar-refractivity contribution < 1.29 is 13.2 Å². The molecular formula is C12H8ClF3N4S. The number of alkyl halides is 3. The van der Waals surface area contributed by atoms with Crippen LogP contribution >= 0.6 is 22.9 Å². The second kappa shape index (κ2) is 5.79. The van der Waals surface area contributed by atoms with Gasteiger partial charge in [0.25, 0.3) is 0 Å². The molecule has 110 valence electrons. The first-order valence-corrected chi connectivity index (χ1v) is 6.75. The molecule has 0 spiro atoms. The summed E-state index contributed by atoms with van der Waals surface area (Å²) >= 11 is 6.48. The van der Waals surface area contributed by atoms with Gasteiger partial charge in [-0.3, -0.25) is 10.4 Å². The molecule has 1 aromatic heterocycles. The fourth-order valence-corrected chi connectivity index (χ4v) is 2.52. The highest BCUT2D eigenvalue weighted by Gasteiger charge is 2.38. The smallest absolute Gasteiger partial charge is 0.297 e. The fraction of sp³-hybridized carbons (Fsp3) is 0.167. The van der Waals surface area contributed by atoms with Crippen LogP contribution in [0.4, 0.5) is 24.0 Å². The zero-order valence-corrected chi connectivity index (χ0v) is 12.1. The second-order valence-electron chi connectivity index (χ2n) is 3.96. The number of nitriles is 1. The Balaban J connectivity index is 2.26. The van der Waals surface area contributed by atoms with Crippen molar-refractivity contribution in [3.8, 4) is 6.07 Å². The maximum Gasteiger partial charge on any atom is 0.435 e. The summed E-state index contributed by atoms with van der Waals surface area (Å²) in [6, 6.07) is 8.19. The molecule has 0 unspecified atom stereocenters. The summed E-state index contributed by atoms with van der Waals surface area (Å²) in [5.74, 6) is 0. The Labute approximate surface area is 127 Å². The number of hydrogen-bond acceptors (Lipinski definition) is 5. The molecule has 0 bridgehead atoms. The summed E-state index contributed by atoms with van der Waals surface area (Å²) in [6.07, 6.45) is -4.66. The lowest BCUT2D eigenvalue weighted by Gasteiger charge is -2.18. The number of hydrogen-bond donors (Lipinski definition) is 1. The van der Waals surface area contributed by atoms with Crippen LogP contribution in [-0.4, -0.2) is 12.0 Å². The highest BCUT2D eigenvalue weighted by atomic mass is 35.5. The van der Waals surface area contributed by atoms with E-state index in [0.717, 1.165) is 0 Å². The maximum absolute atomic E-state index is 12.7. The summed E-state index contributed by atoms with van der Waals surface area (Å²) < 4.78 is 38.2. The van der Waals surface area contributed by atoms with Crippen molar-refractivity contribution in [1.82, 2.24) is 4.98 Å². The number of aromatic nitrogens is 1. The average molecular weight is 333 g/mol. The molecule has 0 fully saturated rings. The fourth-order valence-electron chi connectivity index (χ4n) is 1.52. The first-order valence-electron chi connectivity index (χ1n) is 5.55. The van der Waals surface area contributed by atoms with Crippen LogP contribution in [-0.2, 0) is 6.18 Å². The van der Waals surface area contributed by atoms with Crippen LogP contribution in [0.3, 0.4) is 0 Å². The topological polar surface area (TPSA) is 52.0 Å². The minimum absolute atomic E-state index is 0.0267. The molecule has 4 nitrogen and oxygen atoms in total. The Hall–Kier alpha value is -1.98. The zero-order chi connectivity index (χ0) is 15.6. The molecule has 0 radical (unpaired) electrons. The van der Waals surface area contributed by atoms with Crippen molar-refractivity contribution in [2.24, 2.45) is 0 Å². The van der Waals surface area contributed by atoms with E-state index < -0.39 is 16.7 Å². The molecule has 2 rings (SSSR count). The normalized spacial score (nSPS) is 11.0. The molecule has 0 atom stereocenters. The molecule has 1 heterocycles. The molecule has 2 aromatic rings. The quantitative estimate of drug-likeness (QED) is 0.858. The van der Waals surface area contributed by atoms with Crippen LogP contribution in [0.25, 0.3) is 0 Å². The van der Waals surface area contributed by atoms with Gasteiger partial charge >= 0.3 is 6.18 Å². The third kappa shape index (κ3) is 3.56. The lowest BCUT2D eigenvalue weighted by molar-refractivity contribution is -0.140. The molecule has 0 aliphatic heterocycles. The number of benzene rings is 1. The van der Waals surface area contributed by atoms with E-state index in [1.54, 1.807) is 24.3 Å². The maximum atomic E-state index is 12.7. The highest BCUT2D eigenvalue weighted by Crippen LogP contribution is 2.36. The zero-order valence-electron chi connectivity index (χ0n) is 10.6. The molecule has 0 amide bonds. The van der Waals surface area contributed by atoms with E-state index in [4.69, 9.17) is 16.9 Å². The Kier molecular flexibility index (Phi) is 4.25. The third-order valence-electron chi connectivity index (χ3n) is 2.39. The van der Waals surface area contributed by atoms with Gasteiger partial charge in [0.1, 0.15) is 10.9 Å². The van der Waals surface area contributed by atoms with E-state index in [1.807, 2.05) is 0 Å². The summed E-state index contributed by atoms with van der Waals surface area (Å²) in [6.45, 7) is 0. The van der Waals surface area contributed by atoms with Crippen LogP contribution in [0.15, 0.2) is 24.3 Å². The number of nitrogens with one attached hydrogen (secondary N) is 1. The Morgan fingerprint density at radius 2 is 2.14 bits per heavy atom. The van der Waals surface area contributed by atoms with E-state index in [2.05, 4.69) is 10.4 Å². The van der Waals surface area contributed by atoms with Gasteiger partial charge in [0, 0.05) is 12.1 Å². The number of hydrazine groups is 1. The molecule has 0 saturated carbocycles. The predicted octanol–water partition coefficient (Wildman–Crippen LogP) is 4.15. The number of anilines is 2. The Morgan fingerprint density at radius 1 is 1.43 bits per heavy atom. The standard InChI is InChI=1S/C12H8ClF3N4S/c1-20(19-8-4-2-3-7(13)5-8)11-18-10(12(14,15)16)9(6-17)21-11/h2-5,19H,1H3. The summed E-state index contributed by atoms with van der Waals surface area (Å²) in [7, 11) is 1.50. The van der Waals surface area contributed by atoms with Crippen LogP contribution < -0.4 is 10.4 Å². The van der Waals surface area contributed by atoms with E-state index in [0.29, 0.717) is 22.0 Å². The minimum atomic E-state index is -4.66. The van der Waals surface area contributed by atoms with Crippen molar-refractivity contribution in [1.29, 1.82) is 5.26 Å². The Bertz CT molecular complexity index is 693. The van der Waals surface area contributed by atoms with E-state index in [-0.39, 0.29) is 5.13 Å². The molecule has 0 aliphatic carbocycles. The van der Waals surface area contributed by atoms with Gasteiger partial charge in [-0.15, -0.1) is 0 Å². The molecule has 0 saturated heterocycles. The number of rotatable bonds is 3. The van der Waals surface area contributed by atoms with Gasteiger partial charge < -0.3 is 0 Å². The van der Waals surface area contributed by atoms with Crippen molar-refractivity contribution in [2.45, 2.75) is 6.18 Å². The molecule has 1 aromatic carbocycles. The number of halogens is 4. The molecule has 9 heteroatoms. The van der Waals surface area contributed by atoms with Crippen LogP contribution in [0.1, 0.15) is 10.6 Å². The second-order valence-corrected chi connectivity index (χ2v) is 5.38. The van der Waals surface area contributed by atoms with E-state index in [1.165, 1.54) is 18.1 Å². The Morgan fingerprint density at radius 3 is 2.67 bits per heavy atom. The van der Waals surface area contributed by atoms with Crippen LogP contribution in [0.2, 0.25) is 5.02 Å². The lowest BCUT2D eigenvalue weighted by Crippen LogP contribution is -2.24. The predicted molar refractivity (Wildman–Crippen MR) is 75.3 cm³/mol. The number of nitrogens with zero attached hydrogens (tertiary/aromatic N) is 3. The first kappa shape index (κ1) is 15.4. The molecule has 1 N–H and O–H groups in total. The summed E-state index contributed by atoms with van der Waals surface area (Å²) in [5, 5.41) is 10.6. The van der Waals surface area contributed by atoms with E-state index in [9.17, 15) is 13.2 Å². The van der Waals surface area contributed by atoms with Crippen molar-refractivity contribution in [3.05, 3.63) is 39.9 Å². The largest absolute Gasteiger partial charge is 0.435 e. The summed E-state index contributed by atoms with van der Waals surface area (Å²) in [4.78, 5) is 3.00. The SMILES string of the molecule is CN(Nc1cccc(Cl)c1)c1nc(C(F)(F)F)c(C#N)s1.